The number of benzene rings is 1. The van der Waals surface area contributed by atoms with Gasteiger partial charge >= 0.3 is 0 Å². The van der Waals surface area contributed by atoms with E-state index in [9.17, 15) is 4.79 Å². The van der Waals surface area contributed by atoms with Gasteiger partial charge in [-0.3, -0.25) is 4.79 Å². The van der Waals surface area contributed by atoms with Crippen molar-refractivity contribution in [3.8, 4) is 0 Å². The molecule has 3 N–H and O–H groups in total. The van der Waals surface area contributed by atoms with Gasteiger partial charge in [-0.25, -0.2) is 0 Å². The minimum absolute atomic E-state index is 0.108. The summed E-state index contributed by atoms with van der Waals surface area (Å²) in [5.74, 6) is 0.0912. The minimum Gasteiger partial charge on any atom is -0.325 e. The van der Waals surface area contributed by atoms with Crippen molar-refractivity contribution in [1.82, 2.24) is 0 Å². The zero-order chi connectivity index (χ0) is 12.8. The van der Waals surface area contributed by atoms with E-state index in [1.165, 1.54) is 5.56 Å². The van der Waals surface area contributed by atoms with Gasteiger partial charge in [-0.15, -0.1) is 0 Å². The van der Waals surface area contributed by atoms with Gasteiger partial charge < -0.3 is 11.1 Å². The molecule has 2 atom stereocenters. The molecule has 0 unspecified atom stereocenters. The van der Waals surface area contributed by atoms with Crippen molar-refractivity contribution in [3.63, 3.8) is 0 Å². The molecular weight excluding hydrogens is 212 g/mol. The molecule has 94 valence electrons. The average Bonchev–Trinajstić information content (AvgIpc) is 2.37. The fourth-order valence-corrected chi connectivity index (χ4v) is 1.56. The number of nitrogens with one attached hydrogen (secondary N) is 1. The van der Waals surface area contributed by atoms with Crippen molar-refractivity contribution >= 4 is 11.6 Å². The van der Waals surface area contributed by atoms with Gasteiger partial charge in [0.05, 0.1) is 6.04 Å². The Bertz CT molecular complexity index is 359. The second-order valence-corrected chi connectivity index (χ2v) is 4.45. The summed E-state index contributed by atoms with van der Waals surface area (Å²) in [6.45, 7) is 6.13. The summed E-state index contributed by atoms with van der Waals surface area (Å²) in [7, 11) is 0. The first-order valence-electron chi connectivity index (χ1n) is 6.23. The Hall–Kier alpha value is -1.35. The molecule has 0 bridgehead atoms. The van der Waals surface area contributed by atoms with E-state index in [0.29, 0.717) is 0 Å². The first kappa shape index (κ1) is 13.7. The first-order chi connectivity index (χ1) is 8.08. The van der Waals surface area contributed by atoms with E-state index in [1.54, 1.807) is 0 Å². The van der Waals surface area contributed by atoms with Crippen LogP contribution in [0.5, 0.6) is 0 Å². The lowest BCUT2D eigenvalue weighted by Gasteiger charge is -2.17. The maximum atomic E-state index is 11.8. The van der Waals surface area contributed by atoms with Crippen LogP contribution < -0.4 is 11.1 Å². The monoisotopic (exact) mass is 234 g/mol. The molecule has 3 heteroatoms. The number of rotatable bonds is 5. The molecule has 17 heavy (non-hydrogen) atoms. The topological polar surface area (TPSA) is 55.1 Å². The van der Waals surface area contributed by atoms with Crippen molar-refractivity contribution in [2.24, 2.45) is 11.7 Å². The Balaban J connectivity index is 2.61. The molecule has 0 aliphatic heterocycles. The molecule has 0 saturated heterocycles. The summed E-state index contributed by atoms with van der Waals surface area (Å²) in [5, 5.41) is 2.84. The van der Waals surface area contributed by atoms with Gasteiger partial charge in [0.1, 0.15) is 0 Å². The van der Waals surface area contributed by atoms with Gasteiger partial charge in [0.15, 0.2) is 0 Å². The third kappa shape index (κ3) is 3.86. The van der Waals surface area contributed by atoms with E-state index < -0.39 is 6.04 Å². The van der Waals surface area contributed by atoms with E-state index in [4.69, 9.17) is 5.73 Å². The SMILES string of the molecule is CCc1ccc(NC(=O)[C@@H](N)[C@@H](C)CC)cc1. The maximum Gasteiger partial charge on any atom is 0.241 e. The van der Waals surface area contributed by atoms with E-state index in [0.717, 1.165) is 18.5 Å². The van der Waals surface area contributed by atoms with Crippen LogP contribution in [0.3, 0.4) is 0 Å². The van der Waals surface area contributed by atoms with Crippen molar-refractivity contribution < 1.29 is 4.79 Å². The summed E-state index contributed by atoms with van der Waals surface area (Å²) in [6.07, 6.45) is 1.91. The third-order valence-electron chi connectivity index (χ3n) is 3.19. The highest BCUT2D eigenvalue weighted by Gasteiger charge is 2.19. The Morgan fingerprint density at radius 3 is 2.35 bits per heavy atom. The standard InChI is InChI=1S/C14H22N2O/c1-4-10(3)13(15)14(17)16-12-8-6-11(5-2)7-9-12/h6-10,13H,4-5,15H2,1-3H3,(H,16,17)/t10-,13-/m0/s1. The molecule has 0 heterocycles. The number of aryl methyl sites for hydroxylation is 1. The van der Waals surface area contributed by atoms with Crippen molar-refractivity contribution in [2.45, 2.75) is 39.7 Å². The first-order valence-corrected chi connectivity index (χ1v) is 6.23. The summed E-state index contributed by atoms with van der Waals surface area (Å²) < 4.78 is 0. The third-order valence-corrected chi connectivity index (χ3v) is 3.19. The van der Waals surface area contributed by atoms with Crippen molar-refractivity contribution in [3.05, 3.63) is 29.8 Å². The smallest absolute Gasteiger partial charge is 0.241 e. The molecular formula is C14H22N2O. The van der Waals surface area contributed by atoms with Crippen LogP contribution in [-0.2, 0) is 11.2 Å². The van der Waals surface area contributed by atoms with Crippen LogP contribution in [0.25, 0.3) is 0 Å². The maximum absolute atomic E-state index is 11.8. The van der Waals surface area contributed by atoms with Crippen LogP contribution in [0.15, 0.2) is 24.3 Å². The lowest BCUT2D eigenvalue weighted by molar-refractivity contribution is -0.118. The molecule has 1 amide bonds. The van der Waals surface area contributed by atoms with Gasteiger partial charge in [-0.05, 0) is 30.0 Å². The Morgan fingerprint density at radius 1 is 1.29 bits per heavy atom. The molecule has 0 spiro atoms. The zero-order valence-electron chi connectivity index (χ0n) is 10.9. The molecule has 3 nitrogen and oxygen atoms in total. The van der Waals surface area contributed by atoms with Gasteiger partial charge in [0, 0.05) is 5.69 Å². The number of nitrogens with two attached hydrogens (primary N) is 1. The predicted molar refractivity (Wildman–Crippen MR) is 71.9 cm³/mol. The molecule has 0 aliphatic carbocycles. The Kier molecular flexibility index (Phi) is 5.16. The van der Waals surface area contributed by atoms with Crippen LogP contribution in [0.2, 0.25) is 0 Å². The fourth-order valence-electron chi connectivity index (χ4n) is 1.56. The lowest BCUT2D eigenvalue weighted by Crippen LogP contribution is -2.40. The number of carbonyl (C=O) groups is 1. The van der Waals surface area contributed by atoms with Crippen LogP contribution >= 0.6 is 0 Å². The highest BCUT2D eigenvalue weighted by Crippen LogP contribution is 2.12. The van der Waals surface area contributed by atoms with Gasteiger partial charge in [0.25, 0.3) is 0 Å². The second kappa shape index (κ2) is 6.40. The van der Waals surface area contributed by atoms with Gasteiger partial charge in [-0.2, -0.15) is 0 Å². The number of carbonyl (C=O) groups excluding carboxylic acids is 1. The quantitative estimate of drug-likeness (QED) is 0.822. The van der Waals surface area contributed by atoms with Crippen LogP contribution in [0.4, 0.5) is 5.69 Å². The van der Waals surface area contributed by atoms with E-state index in [1.807, 2.05) is 38.1 Å². The summed E-state index contributed by atoms with van der Waals surface area (Å²) in [4.78, 5) is 11.8. The Morgan fingerprint density at radius 2 is 1.88 bits per heavy atom. The van der Waals surface area contributed by atoms with Crippen LogP contribution in [-0.4, -0.2) is 11.9 Å². The van der Waals surface area contributed by atoms with Crippen LogP contribution in [0, 0.1) is 5.92 Å². The summed E-state index contributed by atoms with van der Waals surface area (Å²) >= 11 is 0. The molecule has 0 radical (unpaired) electrons. The zero-order valence-corrected chi connectivity index (χ0v) is 10.9. The van der Waals surface area contributed by atoms with Crippen molar-refractivity contribution in [2.75, 3.05) is 5.32 Å². The fraction of sp³-hybridized carbons (Fsp3) is 0.500. The van der Waals surface area contributed by atoms with Gasteiger partial charge in [0.2, 0.25) is 5.91 Å². The number of hydrogen-bond acceptors (Lipinski definition) is 2. The van der Waals surface area contributed by atoms with Crippen LogP contribution in [0.1, 0.15) is 32.8 Å². The predicted octanol–water partition coefficient (Wildman–Crippen LogP) is 2.56. The average molecular weight is 234 g/mol. The molecule has 0 saturated carbocycles. The summed E-state index contributed by atoms with van der Waals surface area (Å²) in [5.41, 5.74) is 7.93. The second-order valence-electron chi connectivity index (χ2n) is 4.45. The molecule has 0 aliphatic rings. The molecule has 1 aromatic rings. The highest BCUT2D eigenvalue weighted by molar-refractivity contribution is 5.94. The van der Waals surface area contributed by atoms with E-state index in [2.05, 4.69) is 12.2 Å². The van der Waals surface area contributed by atoms with Gasteiger partial charge in [-0.1, -0.05) is 39.3 Å². The Labute approximate surface area is 103 Å². The normalized spacial score (nSPS) is 14.1. The molecule has 0 aromatic heterocycles. The molecule has 0 fully saturated rings. The highest BCUT2D eigenvalue weighted by atomic mass is 16.2. The lowest BCUT2D eigenvalue weighted by atomic mass is 9.99. The number of anilines is 1. The largest absolute Gasteiger partial charge is 0.325 e. The number of hydrogen-bond donors (Lipinski definition) is 2. The minimum atomic E-state index is -0.439. The number of amides is 1. The van der Waals surface area contributed by atoms with E-state index >= 15 is 0 Å². The molecule has 1 rings (SSSR count). The van der Waals surface area contributed by atoms with Crippen molar-refractivity contribution in [1.29, 1.82) is 0 Å². The van der Waals surface area contributed by atoms with E-state index in [-0.39, 0.29) is 11.8 Å². The summed E-state index contributed by atoms with van der Waals surface area (Å²) in [6, 6.07) is 7.43. The molecule has 1 aromatic carbocycles.